The average Bonchev–Trinajstić information content (AvgIpc) is 2.63. The first-order valence-electron chi connectivity index (χ1n) is 6.18. The van der Waals surface area contributed by atoms with Gasteiger partial charge in [-0.1, -0.05) is 27.7 Å². The fourth-order valence-electron chi connectivity index (χ4n) is 2.60. The molecule has 1 fully saturated rings. The molecule has 0 aromatic rings. The van der Waals surface area contributed by atoms with Crippen LogP contribution < -0.4 is 5.32 Å². The summed E-state index contributed by atoms with van der Waals surface area (Å²) in [5, 5.41) is 11.6. The number of aliphatic carboxylic acids is 1. The number of carbonyl (C=O) groups is 2. The van der Waals surface area contributed by atoms with Crippen molar-refractivity contribution in [3.63, 3.8) is 0 Å². The number of carboxylic acids is 1. The summed E-state index contributed by atoms with van der Waals surface area (Å²) in [6, 6.07) is -0.871. The number of carbonyl (C=O) groups excluding carboxylic acids is 1. The van der Waals surface area contributed by atoms with Crippen LogP contribution >= 0.6 is 0 Å². The normalized spacial score (nSPS) is 22.3. The van der Waals surface area contributed by atoms with Gasteiger partial charge in [0.1, 0.15) is 6.04 Å². The van der Waals surface area contributed by atoms with Gasteiger partial charge in [0.15, 0.2) is 0 Å². The van der Waals surface area contributed by atoms with Gasteiger partial charge in [0, 0.05) is 26.1 Å². The van der Waals surface area contributed by atoms with E-state index in [1.165, 1.54) is 7.11 Å². The zero-order valence-corrected chi connectivity index (χ0v) is 11.7. The molecule has 1 aliphatic rings. The van der Waals surface area contributed by atoms with Crippen molar-refractivity contribution in [3.05, 3.63) is 0 Å². The van der Waals surface area contributed by atoms with Crippen LogP contribution in [0, 0.1) is 16.7 Å². The molecule has 104 valence electrons. The second-order valence-corrected chi connectivity index (χ2v) is 6.06. The summed E-state index contributed by atoms with van der Waals surface area (Å²) >= 11 is 0. The van der Waals surface area contributed by atoms with E-state index in [2.05, 4.69) is 5.32 Å². The molecule has 18 heavy (non-hydrogen) atoms. The van der Waals surface area contributed by atoms with Crippen molar-refractivity contribution in [3.8, 4) is 0 Å². The Morgan fingerprint density at radius 3 is 2.11 bits per heavy atom. The van der Waals surface area contributed by atoms with Gasteiger partial charge < -0.3 is 15.2 Å². The Bertz CT molecular complexity index is 335. The molecule has 1 atom stereocenters. The molecule has 0 bridgehead atoms. The van der Waals surface area contributed by atoms with Crippen molar-refractivity contribution in [2.45, 2.75) is 40.2 Å². The molecule has 0 saturated heterocycles. The summed E-state index contributed by atoms with van der Waals surface area (Å²) in [6.45, 7) is 8.43. The van der Waals surface area contributed by atoms with E-state index >= 15 is 0 Å². The maximum absolute atomic E-state index is 12.1. The maximum Gasteiger partial charge on any atom is 0.326 e. The van der Waals surface area contributed by atoms with Gasteiger partial charge >= 0.3 is 5.97 Å². The van der Waals surface area contributed by atoms with Crippen molar-refractivity contribution < 1.29 is 19.4 Å². The van der Waals surface area contributed by atoms with Crippen molar-refractivity contribution in [2.75, 3.05) is 13.7 Å². The van der Waals surface area contributed by atoms with E-state index in [9.17, 15) is 9.59 Å². The maximum atomic E-state index is 12.1. The molecule has 1 amide bonds. The fraction of sp³-hybridized carbons (Fsp3) is 0.846. The standard InChI is InChI=1S/C13H23NO4/c1-12(2)9(13(12,3)4)10(15)14-8(11(16)17)6-7-18-5/h8-9H,6-7H2,1-5H3,(H,14,15)(H,16,17). The van der Waals surface area contributed by atoms with Crippen LogP contribution in [0.1, 0.15) is 34.1 Å². The van der Waals surface area contributed by atoms with Crippen LogP contribution in [0.4, 0.5) is 0 Å². The second-order valence-electron chi connectivity index (χ2n) is 6.06. The topological polar surface area (TPSA) is 75.6 Å². The SMILES string of the molecule is COCCC(NC(=O)C1C(C)(C)C1(C)C)C(=O)O. The zero-order valence-electron chi connectivity index (χ0n) is 11.7. The summed E-state index contributed by atoms with van der Waals surface area (Å²) < 4.78 is 4.85. The van der Waals surface area contributed by atoms with Gasteiger partial charge in [-0.3, -0.25) is 4.79 Å². The first-order chi connectivity index (χ1) is 8.16. The van der Waals surface area contributed by atoms with Gasteiger partial charge in [-0.25, -0.2) is 4.79 Å². The Hall–Kier alpha value is -1.10. The van der Waals surface area contributed by atoms with Crippen LogP contribution in [0.3, 0.4) is 0 Å². The molecule has 5 nitrogen and oxygen atoms in total. The molecular formula is C13H23NO4. The van der Waals surface area contributed by atoms with Gasteiger partial charge in [-0.2, -0.15) is 0 Å². The summed E-state index contributed by atoms with van der Waals surface area (Å²) in [5.41, 5.74) is -0.164. The highest BCUT2D eigenvalue weighted by molar-refractivity contribution is 5.88. The molecule has 0 spiro atoms. The van der Waals surface area contributed by atoms with Crippen LogP contribution in [-0.2, 0) is 14.3 Å². The van der Waals surface area contributed by atoms with Gasteiger partial charge in [0.25, 0.3) is 0 Å². The van der Waals surface area contributed by atoms with E-state index < -0.39 is 12.0 Å². The highest BCUT2D eigenvalue weighted by Crippen LogP contribution is 2.68. The summed E-state index contributed by atoms with van der Waals surface area (Å²) in [7, 11) is 1.51. The Morgan fingerprint density at radius 2 is 1.78 bits per heavy atom. The van der Waals surface area contributed by atoms with E-state index in [1.807, 2.05) is 27.7 Å². The van der Waals surface area contributed by atoms with Gasteiger partial charge in [-0.05, 0) is 10.8 Å². The van der Waals surface area contributed by atoms with Gasteiger partial charge in [0.05, 0.1) is 0 Å². The van der Waals surface area contributed by atoms with Crippen LogP contribution in [0.2, 0.25) is 0 Å². The van der Waals surface area contributed by atoms with Crippen molar-refractivity contribution in [1.29, 1.82) is 0 Å². The van der Waals surface area contributed by atoms with E-state index in [0.29, 0.717) is 6.61 Å². The minimum Gasteiger partial charge on any atom is -0.480 e. The van der Waals surface area contributed by atoms with Crippen molar-refractivity contribution in [1.82, 2.24) is 5.32 Å². The molecule has 0 aromatic carbocycles. The first-order valence-corrected chi connectivity index (χ1v) is 6.18. The summed E-state index contributed by atoms with van der Waals surface area (Å²) in [5.74, 6) is -1.32. The van der Waals surface area contributed by atoms with Crippen LogP contribution in [0.15, 0.2) is 0 Å². The Morgan fingerprint density at radius 1 is 1.28 bits per heavy atom. The fourth-order valence-corrected chi connectivity index (χ4v) is 2.60. The second kappa shape index (κ2) is 4.88. The number of nitrogens with one attached hydrogen (secondary N) is 1. The number of carboxylic acid groups (broad SMARTS) is 1. The molecule has 2 N–H and O–H groups in total. The third-order valence-corrected chi connectivity index (χ3v) is 4.51. The number of amides is 1. The Labute approximate surface area is 108 Å². The van der Waals surface area contributed by atoms with Crippen LogP contribution in [0.5, 0.6) is 0 Å². The lowest BCUT2D eigenvalue weighted by molar-refractivity contribution is -0.142. The smallest absolute Gasteiger partial charge is 0.326 e. The molecule has 0 aliphatic heterocycles. The molecule has 5 heteroatoms. The molecule has 1 saturated carbocycles. The number of ether oxygens (including phenoxy) is 1. The number of methoxy groups -OCH3 is 1. The third kappa shape index (κ3) is 2.51. The molecule has 0 heterocycles. The van der Waals surface area contributed by atoms with E-state index in [4.69, 9.17) is 9.84 Å². The molecule has 1 unspecified atom stereocenters. The van der Waals surface area contributed by atoms with Crippen molar-refractivity contribution >= 4 is 11.9 Å². The van der Waals surface area contributed by atoms with Crippen LogP contribution in [-0.4, -0.2) is 36.7 Å². The molecule has 1 rings (SSSR count). The monoisotopic (exact) mass is 257 g/mol. The van der Waals surface area contributed by atoms with E-state index in [-0.39, 0.29) is 29.1 Å². The molecule has 0 aromatic heterocycles. The summed E-state index contributed by atoms with van der Waals surface area (Å²) in [6.07, 6.45) is 0.283. The lowest BCUT2D eigenvalue weighted by Gasteiger charge is -2.14. The highest BCUT2D eigenvalue weighted by Gasteiger charge is 2.68. The van der Waals surface area contributed by atoms with E-state index in [1.54, 1.807) is 0 Å². The number of rotatable bonds is 6. The average molecular weight is 257 g/mol. The first kappa shape index (κ1) is 15.0. The lowest BCUT2D eigenvalue weighted by Crippen LogP contribution is -2.43. The lowest BCUT2D eigenvalue weighted by atomic mass is 10.0. The van der Waals surface area contributed by atoms with Gasteiger partial charge in [-0.15, -0.1) is 0 Å². The van der Waals surface area contributed by atoms with E-state index in [0.717, 1.165) is 0 Å². The minimum absolute atomic E-state index is 0.0820. The Kier molecular flexibility index (Phi) is 4.05. The third-order valence-electron chi connectivity index (χ3n) is 4.51. The van der Waals surface area contributed by atoms with Gasteiger partial charge in [0.2, 0.25) is 5.91 Å². The molecule has 1 aliphatic carbocycles. The quantitative estimate of drug-likeness (QED) is 0.751. The highest BCUT2D eigenvalue weighted by atomic mass is 16.5. The number of hydrogen-bond acceptors (Lipinski definition) is 3. The molecular weight excluding hydrogens is 234 g/mol. The number of hydrogen-bond donors (Lipinski definition) is 2. The summed E-state index contributed by atoms with van der Waals surface area (Å²) in [4.78, 5) is 23.1. The molecule has 0 radical (unpaired) electrons. The minimum atomic E-state index is -1.02. The predicted octanol–water partition coefficient (Wildman–Crippen LogP) is 1.27. The predicted molar refractivity (Wildman–Crippen MR) is 67.1 cm³/mol. The van der Waals surface area contributed by atoms with Crippen molar-refractivity contribution in [2.24, 2.45) is 16.7 Å². The zero-order chi connectivity index (χ0) is 14.1. The van der Waals surface area contributed by atoms with Crippen LogP contribution in [0.25, 0.3) is 0 Å². The Balaban J connectivity index is 2.61. The largest absolute Gasteiger partial charge is 0.480 e.